The number of primary amides is 1. The van der Waals surface area contributed by atoms with Crippen LogP contribution >= 0.6 is 11.8 Å². The molecule has 8 amide bonds. The van der Waals surface area contributed by atoms with Crippen LogP contribution in [-0.4, -0.2) is 145 Å². The number of nitrogens with one attached hydrogen (secondary N) is 9. The second-order valence-corrected chi connectivity index (χ2v) is 20.3. The number of hydrogen-bond acceptors (Lipinski definition) is 12. The number of thioether (sulfide) groups is 1. The summed E-state index contributed by atoms with van der Waals surface area (Å²) in [6.07, 6.45) is 5.23. The number of rotatable bonds is 29. The van der Waals surface area contributed by atoms with Crippen LogP contribution in [-0.2, 0) is 62.4 Å². The van der Waals surface area contributed by atoms with Crippen molar-refractivity contribution in [1.82, 2.24) is 57.1 Å². The van der Waals surface area contributed by atoms with Gasteiger partial charge in [-0.25, -0.2) is 4.98 Å². The largest absolute Gasteiger partial charge is 0.480 e. The number of carboxylic acids is 1. The summed E-state index contributed by atoms with van der Waals surface area (Å²) in [5, 5.41) is 29.5. The summed E-state index contributed by atoms with van der Waals surface area (Å²) in [6, 6.07) is 9.39. The molecule has 5 rings (SSSR count). The molecule has 1 aliphatic rings. The zero-order valence-corrected chi connectivity index (χ0v) is 43.2. The molecule has 400 valence electrons. The van der Waals surface area contributed by atoms with E-state index in [1.54, 1.807) is 20.0 Å². The highest BCUT2D eigenvalue weighted by Gasteiger charge is 2.35. The summed E-state index contributed by atoms with van der Waals surface area (Å²) in [7, 11) is 0. The number of imidazole rings is 1. The molecule has 0 spiro atoms. The van der Waals surface area contributed by atoms with Crippen LogP contribution in [0.2, 0.25) is 0 Å². The standard InChI is InChI=1S/C51H70N12O10S/c1-29(2)19-35(25-63-28-74-26-41(63)51(72)73)58-49(70)40(21-34-23-53-27-56-34)60-44(66)24-55-50(71)45(30(3)4)62-46(67)31(5)57-48(69)39(20-33-22-54-37-14-10-9-13-36(33)37)61-47(68)38(16-17-42(52)64)59-43(65)18-15-32-11-7-6-8-12-32/h6-14,22-23,27,29-31,35,38-41,45,54H,15-21,24-26,28H2,1-5H3,(H2,52,64)(H,53,56)(H,55,71)(H,57,69)(H,58,70)(H,59,65)(H,60,66)(H,61,68)(H,62,67)(H,72,73)/t31-,35-,38-,39-,40-,41?,45-/m0/s1. The summed E-state index contributed by atoms with van der Waals surface area (Å²) in [6.45, 7) is 8.44. The van der Waals surface area contributed by atoms with Crippen LogP contribution in [0.5, 0.6) is 0 Å². The van der Waals surface area contributed by atoms with Crippen LogP contribution in [0.3, 0.4) is 0 Å². The minimum Gasteiger partial charge on any atom is -0.480 e. The first-order valence-corrected chi connectivity index (χ1v) is 25.9. The fourth-order valence-corrected chi connectivity index (χ4v) is 9.69. The number of carbonyl (C=O) groups is 9. The van der Waals surface area contributed by atoms with Crippen molar-refractivity contribution in [2.24, 2.45) is 17.6 Å². The van der Waals surface area contributed by atoms with Crippen molar-refractivity contribution < 1.29 is 48.3 Å². The number of carbonyl (C=O) groups excluding carboxylic acids is 8. The molecule has 0 saturated carbocycles. The fourth-order valence-electron chi connectivity index (χ4n) is 8.48. The molecule has 2 aromatic heterocycles. The lowest BCUT2D eigenvalue weighted by Crippen LogP contribution is -2.59. The number of nitrogens with two attached hydrogens (primary N) is 1. The summed E-state index contributed by atoms with van der Waals surface area (Å²) in [5.41, 5.74) is 8.32. The Kier molecular flexibility index (Phi) is 22.0. The van der Waals surface area contributed by atoms with Crippen LogP contribution in [0.1, 0.15) is 77.1 Å². The highest BCUT2D eigenvalue weighted by molar-refractivity contribution is 7.99. The van der Waals surface area contributed by atoms with Gasteiger partial charge in [0.2, 0.25) is 47.3 Å². The van der Waals surface area contributed by atoms with Gasteiger partial charge in [-0.2, -0.15) is 0 Å². The number of aromatic nitrogens is 3. The van der Waals surface area contributed by atoms with Crippen LogP contribution in [0.15, 0.2) is 73.3 Å². The first-order chi connectivity index (χ1) is 35.3. The molecule has 1 unspecified atom stereocenters. The van der Waals surface area contributed by atoms with Crippen LogP contribution in [0.25, 0.3) is 10.9 Å². The second-order valence-electron chi connectivity index (χ2n) is 19.3. The Balaban J connectivity index is 1.22. The third-order valence-corrected chi connectivity index (χ3v) is 13.5. The van der Waals surface area contributed by atoms with Crippen molar-refractivity contribution in [3.05, 3.63) is 90.1 Å². The minimum absolute atomic E-state index is 0.0273. The van der Waals surface area contributed by atoms with E-state index >= 15 is 0 Å². The number of H-pyrrole nitrogens is 2. The number of aryl methyl sites for hydroxylation is 1. The van der Waals surface area contributed by atoms with Crippen molar-refractivity contribution in [3.63, 3.8) is 0 Å². The molecule has 0 radical (unpaired) electrons. The van der Waals surface area contributed by atoms with Crippen molar-refractivity contribution in [3.8, 4) is 0 Å². The van der Waals surface area contributed by atoms with Gasteiger partial charge < -0.3 is 58.0 Å². The van der Waals surface area contributed by atoms with Gasteiger partial charge in [0.15, 0.2) is 0 Å². The fraction of sp³-hybridized carbons (Fsp3) is 0.490. The van der Waals surface area contributed by atoms with Gasteiger partial charge in [0.05, 0.1) is 12.9 Å². The Labute approximate surface area is 434 Å². The van der Waals surface area contributed by atoms with Gasteiger partial charge in [0.1, 0.15) is 36.3 Å². The van der Waals surface area contributed by atoms with Gasteiger partial charge in [-0.15, -0.1) is 11.8 Å². The number of fused-ring (bicyclic) bond motifs is 1. The van der Waals surface area contributed by atoms with Crippen LogP contribution < -0.4 is 43.0 Å². The molecule has 0 bridgehead atoms. The number of nitrogens with zero attached hydrogens (tertiary/aromatic N) is 2. The number of aromatic amines is 2. The maximum atomic E-state index is 14.2. The van der Waals surface area contributed by atoms with E-state index in [1.165, 1.54) is 31.2 Å². The highest BCUT2D eigenvalue weighted by Crippen LogP contribution is 2.23. The maximum Gasteiger partial charge on any atom is 0.321 e. The van der Waals surface area contributed by atoms with Crippen LogP contribution in [0.4, 0.5) is 0 Å². The Morgan fingerprint density at radius 2 is 1.43 bits per heavy atom. The minimum atomic E-state index is -1.30. The predicted octanol–water partition coefficient (Wildman–Crippen LogP) is 0.781. The Morgan fingerprint density at radius 3 is 2.11 bits per heavy atom. The zero-order chi connectivity index (χ0) is 53.9. The SMILES string of the molecule is CC(C)C[C@@H](CN1CSCC1C(=O)O)NC(=O)[C@H](Cc1cnc[nH]1)NC(=O)CNC(=O)[C@@H](NC(=O)[C@H](C)NC(=O)[C@H](Cc1c[nH]c2ccccc12)NC(=O)[C@H](CCC(N)=O)NC(=O)CCc1ccccc1)C(C)C. The normalized spacial score (nSPS) is 16.0. The summed E-state index contributed by atoms with van der Waals surface area (Å²) in [4.78, 5) is 132. The molecule has 4 aromatic rings. The van der Waals surface area contributed by atoms with E-state index in [-0.39, 0.29) is 38.0 Å². The van der Waals surface area contributed by atoms with Gasteiger partial charge in [0, 0.05) is 78.9 Å². The predicted molar refractivity (Wildman–Crippen MR) is 278 cm³/mol. The Morgan fingerprint density at radius 1 is 0.757 bits per heavy atom. The third-order valence-electron chi connectivity index (χ3n) is 12.4. The van der Waals surface area contributed by atoms with Gasteiger partial charge in [-0.3, -0.25) is 48.1 Å². The van der Waals surface area contributed by atoms with Crippen molar-refractivity contribution in [2.45, 2.75) is 122 Å². The molecule has 23 heteroatoms. The van der Waals surface area contributed by atoms with Crippen molar-refractivity contribution in [2.75, 3.05) is 24.7 Å². The molecular formula is C51H70N12O10S. The summed E-state index contributed by atoms with van der Waals surface area (Å²) < 4.78 is 0. The van der Waals surface area contributed by atoms with E-state index in [0.717, 1.165) is 16.5 Å². The number of aliphatic carboxylic acids is 1. The second kappa shape index (κ2) is 28.3. The zero-order valence-electron chi connectivity index (χ0n) is 42.4. The van der Waals surface area contributed by atoms with Crippen LogP contribution in [0, 0.1) is 11.8 Å². The Bertz CT molecular complexity index is 2560. The number of amides is 8. The molecule has 74 heavy (non-hydrogen) atoms. The average molecular weight is 1040 g/mol. The smallest absolute Gasteiger partial charge is 0.321 e. The first-order valence-electron chi connectivity index (χ1n) is 24.7. The summed E-state index contributed by atoms with van der Waals surface area (Å²) in [5.74, 6) is -5.74. The van der Waals surface area contributed by atoms with E-state index in [1.807, 2.05) is 73.3 Å². The van der Waals surface area contributed by atoms with Gasteiger partial charge in [-0.05, 0) is 55.2 Å². The van der Waals surface area contributed by atoms with E-state index in [2.05, 4.69) is 52.2 Å². The summed E-state index contributed by atoms with van der Waals surface area (Å²) >= 11 is 1.50. The monoisotopic (exact) mass is 1040 g/mol. The van der Waals surface area contributed by atoms with E-state index < -0.39 is 108 Å². The topological polar surface area (TPSA) is 332 Å². The molecule has 2 aromatic carbocycles. The molecule has 1 saturated heterocycles. The maximum absolute atomic E-state index is 14.2. The van der Waals surface area contributed by atoms with Crippen molar-refractivity contribution in [1.29, 1.82) is 0 Å². The molecule has 7 atom stereocenters. The van der Waals surface area contributed by atoms with E-state index in [9.17, 15) is 48.3 Å². The van der Waals surface area contributed by atoms with Gasteiger partial charge >= 0.3 is 5.97 Å². The number of para-hydroxylation sites is 1. The Hall–Kier alpha value is -7.27. The highest BCUT2D eigenvalue weighted by atomic mass is 32.2. The van der Waals surface area contributed by atoms with Gasteiger partial charge in [0.25, 0.3) is 0 Å². The first kappa shape index (κ1) is 57.6. The average Bonchev–Trinajstić information content (AvgIpc) is 4.15. The van der Waals surface area contributed by atoms with E-state index in [4.69, 9.17) is 5.73 Å². The molecule has 22 nitrogen and oxygen atoms in total. The van der Waals surface area contributed by atoms with E-state index in [0.29, 0.717) is 42.3 Å². The molecule has 1 aliphatic heterocycles. The molecule has 0 aliphatic carbocycles. The molecule has 12 N–H and O–H groups in total. The third kappa shape index (κ3) is 18.0. The quantitative estimate of drug-likeness (QED) is 0.0359. The lowest BCUT2D eigenvalue weighted by atomic mass is 10.0. The van der Waals surface area contributed by atoms with Crippen molar-refractivity contribution >= 4 is 75.9 Å². The number of carboxylic acid groups (broad SMARTS) is 1. The van der Waals surface area contributed by atoms with Gasteiger partial charge in [-0.1, -0.05) is 76.2 Å². The molecule has 1 fully saturated rings. The lowest BCUT2D eigenvalue weighted by molar-refractivity contribution is -0.142. The molecular weight excluding hydrogens is 973 g/mol. The lowest BCUT2D eigenvalue weighted by Gasteiger charge is -2.29. The number of benzene rings is 2. The molecule has 3 heterocycles. The number of hydrogen-bond donors (Lipinski definition) is 11.